The Morgan fingerprint density at radius 3 is 2.50 bits per heavy atom. The number of benzene rings is 2. The first-order valence-electron chi connectivity index (χ1n) is 10.5. The molecule has 2 aliphatic rings. The number of fused-ring (bicyclic) bond motifs is 1. The summed E-state index contributed by atoms with van der Waals surface area (Å²) < 4.78 is 25.0. The number of rotatable bonds is 5. The first-order valence-corrected chi connectivity index (χ1v) is 13.8. The zero-order valence-corrected chi connectivity index (χ0v) is 24.5. The third kappa shape index (κ3) is 4.09. The lowest BCUT2D eigenvalue weighted by Gasteiger charge is -2.36. The van der Waals surface area contributed by atoms with Gasteiger partial charge in [-0.3, -0.25) is 0 Å². The Kier molecular flexibility index (Phi) is 6.50. The number of carbonyl (C=O) groups excluding carboxylic acids is 3. The zero-order chi connectivity index (χ0) is 24.4. The van der Waals surface area contributed by atoms with Crippen LogP contribution in [0.1, 0.15) is 57.8 Å². The molecule has 8 nitrogen and oxygen atoms in total. The number of hydrogen-bond donors (Lipinski definition) is 1. The van der Waals surface area contributed by atoms with Gasteiger partial charge < -0.3 is 23.9 Å². The maximum Gasteiger partial charge on any atom is 0.348 e. The fourth-order valence-electron chi connectivity index (χ4n) is 4.42. The fraction of sp³-hybridized carbons (Fsp3) is 0.348. The third-order valence-electron chi connectivity index (χ3n) is 6.22. The van der Waals surface area contributed by atoms with Crippen LogP contribution in [0.4, 0.5) is 0 Å². The van der Waals surface area contributed by atoms with Gasteiger partial charge >= 0.3 is 17.9 Å². The van der Waals surface area contributed by atoms with Gasteiger partial charge in [0, 0.05) is 16.6 Å². The summed E-state index contributed by atoms with van der Waals surface area (Å²) in [6, 6.07) is 3.65. The van der Waals surface area contributed by atoms with Crippen LogP contribution < -0.4 is 14.8 Å². The summed E-state index contributed by atoms with van der Waals surface area (Å²) in [7, 11) is 0. The predicted octanol–water partition coefficient (Wildman–Crippen LogP) is 5.37. The summed E-state index contributed by atoms with van der Waals surface area (Å²) in [5.41, 5.74) is -0.337. The molecule has 1 N–H and O–H groups in total. The van der Waals surface area contributed by atoms with E-state index < -0.39 is 23.5 Å². The quantitative estimate of drug-likeness (QED) is 0.159. The fourth-order valence-corrected chi connectivity index (χ4v) is 6.79. The molecule has 1 aromatic carbocycles. The molecule has 2 aliphatic heterocycles. The zero-order valence-electron chi connectivity index (χ0n) is 18.1. The van der Waals surface area contributed by atoms with E-state index in [9.17, 15) is 14.4 Å². The molecule has 0 saturated carbocycles. The van der Waals surface area contributed by atoms with Gasteiger partial charge in [-0.15, -0.1) is 0 Å². The van der Waals surface area contributed by atoms with Crippen LogP contribution in [0.5, 0.6) is 11.5 Å². The minimum Gasteiger partial charge on any atom is -0.456 e. The standard InChI is InChI=1S/C23H18I3NO7/c1-23(2,9-3-5-27-6-4-9)34-22(30)14-13-16-19(33-21(13)29)18(17(14)31-16)32-20(28)11-7-10(24)8-12(25)15(11)26/h7-9,27H,3-6H2,1-2H3. The molecule has 1 fully saturated rings. The van der Waals surface area contributed by atoms with Crippen molar-refractivity contribution in [3.8, 4) is 11.5 Å². The van der Waals surface area contributed by atoms with E-state index in [0.717, 1.165) is 36.6 Å². The van der Waals surface area contributed by atoms with Crippen LogP contribution in [0.3, 0.4) is 0 Å². The molecule has 0 spiro atoms. The van der Waals surface area contributed by atoms with Crippen molar-refractivity contribution < 1.29 is 33.0 Å². The Labute approximate surface area is 235 Å². The molecule has 34 heavy (non-hydrogen) atoms. The molecule has 2 bridgehead atoms. The minimum atomic E-state index is -0.751. The van der Waals surface area contributed by atoms with Gasteiger partial charge in [-0.1, -0.05) is 0 Å². The van der Waals surface area contributed by atoms with Gasteiger partial charge in [0.15, 0.2) is 11.2 Å². The van der Waals surface area contributed by atoms with Crippen molar-refractivity contribution in [1.29, 1.82) is 0 Å². The second-order valence-electron chi connectivity index (χ2n) is 8.71. The molecule has 0 unspecified atom stereocenters. The van der Waals surface area contributed by atoms with Gasteiger partial charge in [0.25, 0.3) is 0 Å². The number of furan rings is 2. The van der Waals surface area contributed by atoms with Crippen molar-refractivity contribution in [2.45, 2.75) is 32.3 Å². The summed E-state index contributed by atoms with van der Waals surface area (Å²) >= 11 is 6.35. The SMILES string of the molecule is CC(C)(OC(=O)c1c2c3oc1c(OC(=O)c1cc(I)cc(I)c1I)c3OC2=O)C1CCNCC1. The highest BCUT2D eigenvalue weighted by atomic mass is 127. The molecule has 0 radical (unpaired) electrons. The maximum atomic E-state index is 13.3. The lowest BCUT2D eigenvalue weighted by atomic mass is 9.83. The van der Waals surface area contributed by atoms with Crippen LogP contribution in [-0.4, -0.2) is 36.6 Å². The topological polar surface area (TPSA) is 104 Å². The highest BCUT2D eigenvalue weighted by Gasteiger charge is 2.46. The number of esters is 3. The molecular weight excluding hydrogens is 783 g/mol. The van der Waals surface area contributed by atoms with Gasteiger partial charge in [-0.25, -0.2) is 14.4 Å². The van der Waals surface area contributed by atoms with Crippen LogP contribution in [0.15, 0.2) is 16.5 Å². The number of carbonyl (C=O) groups is 3. The highest BCUT2D eigenvalue weighted by Crippen LogP contribution is 2.52. The summed E-state index contributed by atoms with van der Waals surface area (Å²) in [6.45, 7) is 5.45. The molecule has 0 amide bonds. The number of piperidine rings is 1. The largest absolute Gasteiger partial charge is 0.456 e. The Morgan fingerprint density at radius 1 is 1.09 bits per heavy atom. The number of hydrogen-bond acceptors (Lipinski definition) is 8. The van der Waals surface area contributed by atoms with E-state index in [0.29, 0.717) is 5.56 Å². The molecule has 11 heteroatoms. The third-order valence-corrected chi connectivity index (χ3v) is 9.88. The molecular formula is C23H18I3NO7. The van der Waals surface area contributed by atoms with Crippen LogP contribution in [-0.2, 0) is 4.74 Å². The monoisotopic (exact) mass is 801 g/mol. The van der Waals surface area contributed by atoms with Gasteiger partial charge in [-0.05, 0) is 120 Å². The van der Waals surface area contributed by atoms with E-state index >= 15 is 0 Å². The van der Waals surface area contributed by atoms with Gasteiger partial charge in [0.1, 0.15) is 16.7 Å². The Balaban J connectivity index is 1.48. The molecule has 1 saturated heterocycles. The molecule has 0 aliphatic carbocycles. The van der Waals surface area contributed by atoms with Crippen molar-refractivity contribution in [3.05, 3.63) is 39.5 Å². The Hall–Kier alpha value is -1.20. The summed E-state index contributed by atoms with van der Waals surface area (Å²) in [6.07, 6.45) is 1.75. The van der Waals surface area contributed by atoms with E-state index in [2.05, 4.69) is 73.1 Å². The molecule has 2 aromatic heterocycles. The van der Waals surface area contributed by atoms with Crippen molar-refractivity contribution in [1.82, 2.24) is 5.32 Å². The van der Waals surface area contributed by atoms with Crippen molar-refractivity contribution in [2.75, 3.05) is 13.1 Å². The van der Waals surface area contributed by atoms with Crippen LogP contribution in [0.2, 0.25) is 0 Å². The van der Waals surface area contributed by atoms with Crippen LogP contribution >= 0.6 is 67.8 Å². The number of nitrogens with one attached hydrogen (secondary N) is 1. The lowest BCUT2D eigenvalue weighted by molar-refractivity contribution is -0.0367. The normalized spacial score (nSPS) is 16.2. The second kappa shape index (κ2) is 9.03. The van der Waals surface area contributed by atoms with Crippen LogP contribution in [0.25, 0.3) is 11.2 Å². The van der Waals surface area contributed by atoms with Gasteiger partial charge in [-0.2, -0.15) is 0 Å². The van der Waals surface area contributed by atoms with E-state index in [1.54, 1.807) is 6.07 Å². The first kappa shape index (κ1) is 24.5. The van der Waals surface area contributed by atoms with E-state index in [1.165, 1.54) is 0 Å². The predicted molar refractivity (Wildman–Crippen MR) is 147 cm³/mol. The van der Waals surface area contributed by atoms with Crippen LogP contribution in [0, 0.1) is 16.6 Å². The highest BCUT2D eigenvalue weighted by molar-refractivity contribution is 14.1. The smallest absolute Gasteiger partial charge is 0.348 e. The summed E-state index contributed by atoms with van der Waals surface area (Å²) in [5, 5.41) is 3.30. The van der Waals surface area contributed by atoms with Gasteiger partial charge in [0.2, 0.25) is 11.5 Å². The first-order chi connectivity index (χ1) is 16.1. The summed E-state index contributed by atoms with van der Waals surface area (Å²) in [4.78, 5) is 38.9. The van der Waals surface area contributed by atoms with Crippen molar-refractivity contribution in [3.63, 3.8) is 0 Å². The average molecular weight is 801 g/mol. The van der Waals surface area contributed by atoms with E-state index in [-0.39, 0.29) is 39.7 Å². The lowest BCUT2D eigenvalue weighted by Crippen LogP contribution is -2.42. The molecule has 0 atom stereocenters. The van der Waals surface area contributed by atoms with E-state index in [1.807, 2.05) is 19.9 Å². The summed E-state index contributed by atoms with van der Waals surface area (Å²) in [5.74, 6) is -1.95. The average Bonchev–Trinajstić information content (AvgIpc) is 3.40. The van der Waals surface area contributed by atoms with Crippen molar-refractivity contribution in [2.24, 2.45) is 5.92 Å². The molecule has 3 aromatic rings. The second-order valence-corrected chi connectivity index (χ2v) is 12.2. The van der Waals surface area contributed by atoms with Crippen molar-refractivity contribution >= 4 is 96.8 Å². The number of ether oxygens (including phenoxy) is 3. The minimum absolute atomic E-state index is 0.0133. The molecule has 5 rings (SSSR count). The molecule has 4 heterocycles. The molecule has 178 valence electrons. The maximum absolute atomic E-state index is 13.3. The van der Waals surface area contributed by atoms with Gasteiger partial charge in [0.05, 0.1) is 5.56 Å². The Bertz CT molecular complexity index is 1340. The van der Waals surface area contributed by atoms with E-state index in [4.69, 9.17) is 18.6 Å². The number of halogens is 3. The Morgan fingerprint density at radius 2 is 1.79 bits per heavy atom.